The van der Waals surface area contributed by atoms with E-state index in [4.69, 9.17) is 34.2 Å². The lowest BCUT2D eigenvalue weighted by atomic mass is 9.96. The van der Waals surface area contributed by atoms with Crippen LogP contribution in [0, 0.1) is 0 Å². The summed E-state index contributed by atoms with van der Waals surface area (Å²) in [7, 11) is 0. The first-order valence-corrected chi connectivity index (χ1v) is 11.8. The molecule has 3 saturated heterocycles. The lowest BCUT2D eigenvalue weighted by Crippen LogP contribution is -2.67. The third-order valence-corrected chi connectivity index (χ3v) is 6.48. The molecule has 17 heteroatoms. The van der Waals surface area contributed by atoms with Crippen LogP contribution in [-0.2, 0) is 28.4 Å². The standard InChI is InChI=1S/C20H37NO16/c21-1-2-32-19-16(13(29)10(26)7(4-23)34-19)37-20-17(14(30)11(27)8(5-24)35-20)36-18-15(31)12(28)9(25)6(3-22)33-18/h6-20,22-31H,1-5,21H2/t6-,7-,8-,9-,10-,11-,12+,13+,14+,15+,16+,17+,18+,19-,20+/m1/s1. The van der Waals surface area contributed by atoms with Crippen LogP contribution in [0.1, 0.15) is 0 Å². The minimum atomic E-state index is -1.88. The van der Waals surface area contributed by atoms with Crippen LogP contribution in [0.15, 0.2) is 0 Å². The Morgan fingerprint density at radius 3 is 1.41 bits per heavy atom. The van der Waals surface area contributed by atoms with Gasteiger partial charge in [0, 0.05) is 6.54 Å². The van der Waals surface area contributed by atoms with E-state index >= 15 is 0 Å². The molecule has 0 amide bonds. The van der Waals surface area contributed by atoms with E-state index < -0.39 is 112 Å². The molecule has 0 unspecified atom stereocenters. The third kappa shape index (κ3) is 6.56. The molecule has 0 spiro atoms. The Kier molecular flexibility index (Phi) is 11.3. The number of hydrogen-bond acceptors (Lipinski definition) is 17. The van der Waals surface area contributed by atoms with Gasteiger partial charge in [-0.1, -0.05) is 0 Å². The highest BCUT2D eigenvalue weighted by molar-refractivity contribution is 4.96. The molecule has 0 bridgehead atoms. The van der Waals surface area contributed by atoms with Crippen molar-refractivity contribution >= 4 is 0 Å². The van der Waals surface area contributed by atoms with Crippen LogP contribution < -0.4 is 5.73 Å². The Hall–Kier alpha value is -0.680. The maximum Gasteiger partial charge on any atom is 0.187 e. The molecular weight excluding hydrogens is 510 g/mol. The fourth-order valence-electron chi connectivity index (χ4n) is 4.32. The van der Waals surface area contributed by atoms with E-state index in [9.17, 15) is 51.1 Å². The molecule has 218 valence electrons. The van der Waals surface area contributed by atoms with Crippen molar-refractivity contribution in [2.45, 2.75) is 92.1 Å². The fraction of sp³-hybridized carbons (Fsp3) is 1.00. The Morgan fingerprint density at radius 1 is 0.514 bits per heavy atom. The van der Waals surface area contributed by atoms with Gasteiger partial charge in [0.25, 0.3) is 0 Å². The summed E-state index contributed by atoms with van der Waals surface area (Å²) >= 11 is 0. The van der Waals surface area contributed by atoms with Crippen molar-refractivity contribution in [1.29, 1.82) is 0 Å². The minimum absolute atomic E-state index is 0.0370. The first-order valence-electron chi connectivity index (χ1n) is 11.8. The molecule has 37 heavy (non-hydrogen) atoms. The molecule has 0 aromatic rings. The van der Waals surface area contributed by atoms with Gasteiger partial charge in [-0.15, -0.1) is 0 Å². The third-order valence-electron chi connectivity index (χ3n) is 6.48. The second kappa shape index (κ2) is 13.6. The van der Waals surface area contributed by atoms with Gasteiger partial charge in [0.2, 0.25) is 0 Å². The van der Waals surface area contributed by atoms with Crippen molar-refractivity contribution in [2.75, 3.05) is 33.0 Å². The van der Waals surface area contributed by atoms with Gasteiger partial charge in [-0.05, 0) is 0 Å². The highest BCUT2D eigenvalue weighted by Gasteiger charge is 2.54. The van der Waals surface area contributed by atoms with E-state index in [0.29, 0.717) is 0 Å². The fourth-order valence-corrected chi connectivity index (χ4v) is 4.32. The van der Waals surface area contributed by atoms with Crippen molar-refractivity contribution in [3.63, 3.8) is 0 Å². The van der Waals surface area contributed by atoms with Crippen molar-refractivity contribution in [3.8, 4) is 0 Å². The number of nitrogens with two attached hydrogens (primary N) is 1. The zero-order valence-corrected chi connectivity index (χ0v) is 19.7. The molecule has 17 nitrogen and oxygen atoms in total. The molecule has 3 heterocycles. The summed E-state index contributed by atoms with van der Waals surface area (Å²) in [6, 6.07) is 0. The van der Waals surface area contributed by atoms with Crippen molar-refractivity contribution in [1.82, 2.24) is 0 Å². The van der Waals surface area contributed by atoms with Gasteiger partial charge in [0.15, 0.2) is 18.9 Å². The summed E-state index contributed by atoms with van der Waals surface area (Å²) < 4.78 is 33.0. The quantitative estimate of drug-likeness (QED) is 0.121. The van der Waals surface area contributed by atoms with Crippen LogP contribution in [0.25, 0.3) is 0 Å². The van der Waals surface area contributed by atoms with Gasteiger partial charge < -0.3 is 85.2 Å². The largest absolute Gasteiger partial charge is 0.394 e. The molecule has 3 rings (SSSR count). The van der Waals surface area contributed by atoms with Crippen LogP contribution in [0.5, 0.6) is 0 Å². The molecule has 0 saturated carbocycles. The number of aliphatic hydroxyl groups excluding tert-OH is 10. The zero-order valence-electron chi connectivity index (χ0n) is 19.7. The van der Waals surface area contributed by atoms with Crippen LogP contribution in [-0.4, -0.2) is 176 Å². The van der Waals surface area contributed by atoms with Gasteiger partial charge in [-0.25, -0.2) is 0 Å². The van der Waals surface area contributed by atoms with Crippen LogP contribution in [0.4, 0.5) is 0 Å². The van der Waals surface area contributed by atoms with Crippen LogP contribution >= 0.6 is 0 Å². The molecule has 0 aromatic carbocycles. The molecule has 0 radical (unpaired) electrons. The normalized spacial score (nSPS) is 49.2. The number of rotatable bonds is 10. The highest BCUT2D eigenvalue weighted by atomic mass is 16.8. The molecule has 3 aliphatic heterocycles. The lowest BCUT2D eigenvalue weighted by Gasteiger charge is -2.48. The summed E-state index contributed by atoms with van der Waals surface area (Å²) in [5.74, 6) is 0. The number of ether oxygens (including phenoxy) is 6. The van der Waals surface area contributed by atoms with Gasteiger partial charge >= 0.3 is 0 Å². The summed E-state index contributed by atoms with van der Waals surface area (Å²) in [5.41, 5.74) is 5.45. The molecular formula is C20H37NO16. The molecule has 12 N–H and O–H groups in total. The molecule has 3 aliphatic rings. The first-order chi connectivity index (χ1) is 17.6. The molecule has 0 aromatic heterocycles. The number of aliphatic hydroxyl groups is 10. The lowest BCUT2D eigenvalue weighted by molar-refractivity contribution is -0.393. The van der Waals surface area contributed by atoms with E-state index in [-0.39, 0.29) is 13.2 Å². The Labute approximate surface area is 211 Å². The Morgan fingerprint density at radius 2 is 0.919 bits per heavy atom. The van der Waals surface area contributed by atoms with Gasteiger partial charge in [-0.2, -0.15) is 0 Å². The smallest absolute Gasteiger partial charge is 0.187 e. The topological polar surface area (TPSA) is 284 Å². The van der Waals surface area contributed by atoms with Gasteiger partial charge in [0.1, 0.15) is 73.2 Å². The van der Waals surface area contributed by atoms with Gasteiger partial charge in [-0.3, -0.25) is 0 Å². The number of hydrogen-bond donors (Lipinski definition) is 11. The van der Waals surface area contributed by atoms with E-state index in [1.165, 1.54) is 0 Å². The summed E-state index contributed by atoms with van der Waals surface area (Å²) in [4.78, 5) is 0. The van der Waals surface area contributed by atoms with Crippen molar-refractivity contribution in [2.24, 2.45) is 5.73 Å². The Balaban J connectivity index is 1.86. The van der Waals surface area contributed by atoms with Crippen LogP contribution in [0.3, 0.4) is 0 Å². The maximum atomic E-state index is 10.7. The van der Waals surface area contributed by atoms with Gasteiger partial charge in [0.05, 0.1) is 26.4 Å². The second-order valence-electron chi connectivity index (χ2n) is 8.97. The van der Waals surface area contributed by atoms with E-state index in [1.807, 2.05) is 0 Å². The Bertz CT molecular complexity index is 691. The SMILES string of the molecule is NCCO[C@@H]1O[C@H](CO)[C@@H](O)[C@H](O)[C@@H]1O[C@@H]1O[C@H](CO)[C@@H](O)[C@H](O)[C@@H]1O[C@@H]1O[C@H](CO)[C@@H](O)[C@H](O)[C@@H]1O. The molecule has 15 atom stereocenters. The molecule has 0 aliphatic carbocycles. The van der Waals surface area contributed by atoms with E-state index in [0.717, 1.165) is 0 Å². The predicted molar refractivity (Wildman–Crippen MR) is 114 cm³/mol. The second-order valence-corrected chi connectivity index (χ2v) is 8.97. The van der Waals surface area contributed by atoms with E-state index in [1.54, 1.807) is 0 Å². The summed E-state index contributed by atoms with van der Waals surface area (Å²) in [6.07, 6.45) is -24.6. The van der Waals surface area contributed by atoms with Crippen molar-refractivity contribution in [3.05, 3.63) is 0 Å². The highest BCUT2D eigenvalue weighted by Crippen LogP contribution is 2.33. The van der Waals surface area contributed by atoms with Crippen molar-refractivity contribution < 1.29 is 79.5 Å². The summed E-state index contributed by atoms with van der Waals surface area (Å²) in [6.45, 7) is -2.26. The monoisotopic (exact) mass is 547 g/mol. The minimum Gasteiger partial charge on any atom is -0.394 e. The van der Waals surface area contributed by atoms with E-state index in [2.05, 4.69) is 0 Å². The maximum absolute atomic E-state index is 10.7. The summed E-state index contributed by atoms with van der Waals surface area (Å²) in [5, 5.41) is 101. The van der Waals surface area contributed by atoms with Crippen LogP contribution in [0.2, 0.25) is 0 Å². The predicted octanol–water partition coefficient (Wildman–Crippen LogP) is -7.59. The average Bonchev–Trinajstić information content (AvgIpc) is 2.90. The average molecular weight is 548 g/mol. The zero-order chi connectivity index (χ0) is 27.4. The first kappa shape index (κ1) is 30.9. The molecule has 3 fully saturated rings.